The molecule has 4 rings (SSSR count). The number of ether oxygens (including phenoxy) is 1. The summed E-state index contributed by atoms with van der Waals surface area (Å²) in [5.41, 5.74) is 1.01. The second-order valence-electron chi connectivity index (χ2n) is 10.3. The van der Waals surface area contributed by atoms with Crippen molar-refractivity contribution in [2.24, 2.45) is 5.92 Å². The van der Waals surface area contributed by atoms with Crippen LogP contribution >= 0.6 is 23.2 Å². The average Bonchev–Trinajstić information content (AvgIpc) is 3.72. The fraction of sp³-hybridized carbons (Fsp3) is 0.519. The molecule has 1 heterocycles. The van der Waals surface area contributed by atoms with Gasteiger partial charge in [0.1, 0.15) is 5.75 Å². The van der Waals surface area contributed by atoms with Gasteiger partial charge in [-0.1, -0.05) is 41.4 Å². The fourth-order valence-corrected chi connectivity index (χ4v) is 6.03. The zero-order valence-corrected chi connectivity index (χ0v) is 23.9. The summed E-state index contributed by atoms with van der Waals surface area (Å²) in [5, 5.41) is 4.21. The van der Waals surface area contributed by atoms with Gasteiger partial charge in [-0.25, -0.2) is 8.42 Å². The topological polar surface area (TPSA) is 79.0 Å². The van der Waals surface area contributed by atoms with Crippen molar-refractivity contribution in [3.05, 3.63) is 63.6 Å². The number of carbonyl (C=O) groups excluding carboxylic acids is 1. The molecule has 2 aliphatic rings. The Bertz CT molecular complexity index is 1210. The van der Waals surface area contributed by atoms with Crippen molar-refractivity contribution in [3.63, 3.8) is 0 Å². The van der Waals surface area contributed by atoms with Crippen molar-refractivity contribution in [3.8, 4) is 5.75 Å². The quantitative estimate of drug-likeness (QED) is 0.457. The first-order valence-electron chi connectivity index (χ1n) is 12.6. The van der Waals surface area contributed by atoms with Gasteiger partial charge in [0.15, 0.2) is 0 Å². The lowest BCUT2D eigenvalue weighted by molar-refractivity contribution is -0.127. The number of nitrogens with one attached hydrogen (secondary N) is 1. The maximum Gasteiger partial charge on any atom is 0.230 e. The van der Waals surface area contributed by atoms with Crippen molar-refractivity contribution >= 4 is 39.1 Å². The molecule has 1 aliphatic heterocycles. The number of sulfonamides is 1. The Morgan fingerprint density at radius 1 is 1.08 bits per heavy atom. The lowest BCUT2D eigenvalue weighted by Gasteiger charge is -2.37. The molecular weight excluding hydrogens is 533 g/mol. The Morgan fingerprint density at radius 2 is 1.73 bits per heavy atom. The van der Waals surface area contributed by atoms with E-state index in [0.29, 0.717) is 55.1 Å². The van der Waals surface area contributed by atoms with Crippen LogP contribution in [0.4, 0.5) is 0 Å². The molecule has 37 heavy (non-hydrogen) atoms. The molecule has 2 atom stereocenters. The maximum atomic E-state index is 14.0. The Hall–Kier alpha value is -1.84. The third-order valence-electron chi connectivity index (χ3n) is 7.64. The molecule has 2 aromatic rings. The third kappa shape index (κ3) is 6.79. The van der Waals surface area contributed by atoms with Gasteiger partial charge in [0.25, 0.3) is 0 Å². The highest BCUT2D eigenvalue weighted by Gasteiger charge is 2.41. The van der Waals surface area contributed by atoms with Crippen molar-refractivity contribution in [1.29, 1.82) is 0 Å². The standard InChI is InChI=1S/C27H35Cl2N3O4S/c1-27(21-8-11-23(28)24(29)18-21,12-13-31-14-16-32(17-15-31)37(3,34)35)26(33)30-25(19-4-5-19)20-6-9-22(36-2)10-7-20/h6-11,18-19,25H,4-5,12-17H2,1-3H3,(H,30,33). The van der Waals surface area contributed by atoms with E-state index in [1.165, 1.54) is 10.6 Å². The minimum absolute atomic E-state index is 0.0617. The molecule has 1 aliphatic carbocycles. The molecule has 7 nitrogen and oxygen atoms in total. The van der Waals surface area contributed by atoms with Gasteiger partial charge in [-0.05, 0) is 74.0 Å². The summed E-state index contributed by atoms with van der Waals surface area (Å²) >= 11 is 12.6. The number of methoxy groups -OCH3 is 1. The number of benzene rings is 2. The summed E-state index contributed by atoms with van der Waals surface area (Å²) in [4.78, 5) is 16.3. The minimum Gasteiger partial charge on any atom is -0.497 e. The number of halogens is 2. The first kappa shape index (κ1) is 28.2. The number of rotatable bonds is 10. The summed E-state index contributed by atoms with van der Waals surface area (Å²) in [6.45, 7) is 4.77. The van der Waals surface area contributed by atoms with Crippen molar-refractivity contribution in [1.82, 2.24) is 14.5 Å². The zero-order chi connectivity index (χ0) is 26.8. The van der Waals surface area contributed by atoms with E-state index in [1.54, 1.807) is 19.2 Å². The predicted octanol–water partition coefficient (Wildman–Crippen LogP) is 4.49. The van der Waals surface area contributed by atoms with Crippen LogP contribution in [-0.4, -0.2) is 69.6 Å². The van der Waals surface area contributed by atoms with Gasteiger partial charge in [-0.3, -0.25) is 4.79 Å². The zero-order valence-electron chi connectivity index (χ0n) is 21.5. The second-order valence-corrected chi connectivity index (χ2v) is 13.1. The Balaban J connectivity index is 1.54. The molecule has 0 radical (unpaired) electrons. The largest absolute Gasteiger partial charge is 0.497 e. The van der Waals surface area contributed by atoms with Gasteiger partial charge < -0.3 is 15.0 Å². The van der Waals surface area contributed by atoms with Crippen LogP contribution in [0.5, 0.6) is 5.75 Å². The fourth-order valence-electron chi connectivity index (χ4n) is 4.91. The third-order valence-corrected chi connectivity index (χ3v) is 9.68. The summed E-state index contributed by atoms with van der Waals surface area (Å²) in [7, 11) is -1.56. The molecule has 2 aromatic carbocycles. The highest BCUT2D eigenvalue weighted by molar-refractivity contribution is 7.88. The van der Waals surface area contributed by atoms with E-state index in [0.717, 1.165) is 29.7 Å². The molecule has 1 saturated carbocycles. The van der Waals surface area contributed by atoms with Crippen LogP contribution < -0.4 is 10.1 Å². The Kier molecular flexibility index (Phi) is 8.75. The van der Waals surface area contributed by atoms with Crippen LogP contribution in [0.25, 0.3) is 0 Å². The van der Waals surface area contributed by atoms with E-state index in [1.807, 2.05) is 37.3 Å². The van der Waals surface area contributed by atoms with Gasteiger partial charge in [-0.15, -0.1) is 0 Å². The minimum atomic E-state index is -3.20. The summed E-state index contributed by atoms with van der Waals surface area (Å²) in [6.07, 6.45) is 3.94. The van der Waals surface area contributed by atoms with Crippen molar-refractivity contribution in [2.45, 2.75) is 37.6 Å². The summed E-state index contributed by atoms with van der Waals surface area (Å²) in [5.74, 6) is 1.12. The highest BCUT2D eigenvalue weighted by Crippen LogP contribution is 2.42. The number of hydrogen-bond acceptors (Lipinski definition) is 5. The highest BCUT2D eigenvalue weighted by atomic mass is 35.5. The lowest BCUT2D eigenvalue weighted by atomic mass is 9.78. The van der Waals surface area contributed by atoms with Gasteiger partial charge in [-0.2, -0.15) is 4.31 Å². The molecule has 2 fully saturated rings. The van der Waals surface area contributed by atoms with E-state index in [2.05, 4.69) is 10.2 Å². The second kappa shape index (κ2) is 11.5. The Morgan fingerprint density at radius 3 is 2.27 bits per heavy atom. The SMILES string of the molecule is COc1ccc(C(NC(=O)C(C)(CCN2CCN(S(C)(=O)=O)CC2)c2ccc(Cl)c(Cl)c2)C2CC2)cc1. The number of piperazine rings is 1. The molecule has 202 valence electrons. The molecule has 0 bridgehead atoms. The molecule has 10 heteroatoms. The van der Waals surface area contributed by atoms with E-state index in [-0.39, 0.29) is 11.9 Å². The first-order chi connectivity index (χ1) is 17.5. The van der Waals surface area contributed by atoms with Gasteiger partial charge in [0, 0.05) is 26.2 Å². The van der Waals surface area contributed by atoms with Gasteiger partial charge in [0.05, 0.1) is 34.9 Å². The summed E-state index contributed by atoms with van der Waals surface area (Å²) < 4.78 is 30.6. The van der Waals surface area contributed by atoms with Crippen LogP contribution in [0, 0.1) is 5.92 Å². The van der Waals surface area contributed by atoms with E-state index < -0.39 is 15.4 Å². The molecule has 0 spiro atoms. The summed E-state index contributed by atoms with van der Waals surface area (Å²) in [6, 6.07) is 13.2. The molecule has 0 aromatic heterocycles. The van der Waals surface area contributed by atoms with Crippen LogP contribution in [-0.2, 0) is 20.2 Å². The number of amides is 1. The van der Waals surface area contributed by atoms with Crippen molar-refractivity contribution in [2.75, 3.05) is 46.1 Å². The van der Waals surface area contributed by atoms with E-state index >= 15 is 0 Å². The van der Waals surface area contributed by atoms with E-state index in [4.69, 9.17) is 27.9 Å². The van der Waals surface area contributed by atoms with Crippen LogP contribution in [0.2, 0.25) is 10.0 Å². The lowest BCUT2D eigenvalue weighted by Crippen LogP contribution is -2.50. The maximum absolute atomic E-state index is 14.0. The molecule has 1 amide bonds. The number of nitrogens with zero attached hydrogens (tertiary/aromatic N) is 2. The smallest absolute Gasteiger partial charge is 0.230 e. The molecular formula is C27H35Cl2N3O4S. The van der Waals surface area contributed by atoms with Crippen LogP contribution in [0.15, 0.2) is 42.5 Å². The van der Waals surface area contributed by atoms with Crippen molar-refractivity contribution < 1.29 is 17.9 Å². The van der Waals surface area contributed by atoms with Crippen LogP contribution in [0.3, 0.4) is 0 Å². The van der Waals surface area contributed by atoms with Gasteiger partial charge >= 0.3 is 0 Å². The van der Waals surface area contributed by atoms with Gasteiger partial charge in [0.2, 0.25) is 15.9 Å². The number of carbonyl (C=O) groups is 1. The first-order valence-corrected chi connectivity index (χ1v) is 15.2. The normalized spacial score (nSPS) is 19.7. The average molecular weight is 569 g/mol. The predicted molar refractivity (Wildman–Crippen MR) is 148 cm³/mol. The molecule has 2 unspecified atom stereocenters. The van der Waals surface area contributed by atoms with E-state index in [9.17, 15) is 13.2 Å². The molecule has 1 saturated heterocycles. The Labute approximate surface area is 230 Å². The number of hydrogen-bond donors (Lipinski definition) is 1. The molecule has 1 N–H and O–H groups in total. The monoisotopic (exact) mass is 567 g/mol. The van der Waals surface area contributed by atoms with Crippen LogP contribution in [0.1, 0.15) is 43.4 Å².